The molecule has 0 aliphatic heterocycles. The van der Waals surface area contributed by atoms with Crippen molar-refractivity contribution in [2.45, 2.75) is 25.9 Å². The van der Waals surface area contributed by atoms with E-state index >= 15 is 0 Å². The van der Waals surface area contributed by atoms with E-state index in [1.54, 1.807) is 0 Å². The zero-order chi connectivity index (χ0) is 11.1. The van der Waals surface area contributed by atoms with E-state index in [9.17, 15) is 0 Å². The molecule has 0 aromatic heterocycles. The molecule has 3 heteroatoms. The van der Waals surface area contributed by atoms with E-state index in [1.165, 1.54) is 0 Å². The Morgan fingerprint density at radius 1 is 1.47 bits per heavy atom. The standard InChI is InChI=1S/C12H16N2O/c1-2-11(9-14)15-12-6-4-3-5-10(12)7-8-13/h3-6,11H,2,7-8,13H2,1H3. The third-order valence-electron chi connectivity index (χ3n) is 2.17. The van der Waals surface area contributed by atoms with Crippen LogP contribution in [0.1, 0.15) is 18.9 Å². The summed E-state index contributed by atoms with van der Waals surface area (Å²) in [6, 6.07) is 9.83. The summed E-state index contributed by atoms with van der Waals surface area (Å²) < 4.78 is 5.58. The maximum absolute atomic E-state index is 8.81. The zero-order valence-electron chi connectivity index (χ0n) is 8.94. The van der Waals surface area contributed by atoms with Gasteiger partial charge in [-0.05, 0) is 31.0 Å². The lowest BCUT2D eigenvalue weighted by molar-refractivity contribution is 0.249. The van der Waals surface area contributed by atoms with Gasteiger partial charge in [-0.15, -0.1) is 0 Å². The molecule has 1 atom stereocenters. The fourth-order valence-electron chi connectivity index (χ4n) is 1.34. The minimum atomic E-state index is -0.371. The van der Waals surface area contributed by atoms with Gasteiger partial charge in [-0.1, -0.05) is 25.1 Å². The first-order valence-electron chi connectivity index (χ1n) is 5.16. The van der Waals surface area contributed by atoms with Crippen molar-refractivity contribution in [2.75, 3.05) is 6.54 Å². The number of nitrogens with two attached hydrogens (primary N) is 1. The molecule has 0 aliphatic carbocycles. The lowest BCUT2D eigenvalue weighted by Gasteiger charge is -2.13. The number of para-hydroxylation sites is 1. The van der Waals surface area contributed by atoms with Gasteiger partial charge >= 0.3 is 0 Å². The van der Waals surface area contributed by atoms with E-state index in [2.05, 4.69) is 6.07 Å². The maximum atomic E-state index is 8.81. The van der Waals surface area contributed by atoms with Crippen molar-refractivity contribution in [2.24, 2.45) is 5.73 Å². The Labute approximate surface area is 90.5 Å². The second-order valence-corrected chi connectivity index (χ2v) is 3.29. The van der Waals surface area contributed by atoms with Gasteiger partial charge in [-0.2, -0.15) is 5.26 Å². The molecule has 0 aliphatic rings. The normalized spacial score (nSPS) is 11.8. The topological polar surface area (TPSA) is 59.0 Å². The Morgan fingerprint density at radius 3 is 2.80 bits per heavy atom. The third-order valence-corrected chi connectivity index (χ3v) is 2.17. The van der Waals surface area contributed by atoms with Gasteiger partial charge in [0.05, 0.1) is 0 Å². The summed E-state index contributed by atoms with van der Waals surface area (Å²) in [6.07, 6.45) is 1.09. The highest BCUT2D eigenvalue weighted by Crippen LogP contribution is 2.20. The number of benzene rings is 1. The second-order valence-electron chi connectivity index (χ2n) is 3.29. The van der Waals surface area contributed by atoms with Gasteiger partial charge in [0.2, 0.25) is 0 Å². The van der Waals surface area contributed by atoms with Crippen LogP contribution in [0.25, 0.3) is 0 Å². The van der Waals surface area contributed by atoms with Gasteiger partial charge in [-0.3, -0.25) is 0 Å². The molecule has 0 amide bonds. The number of hydrogen-bond donors (Lipinski definition) is 1. The zero-order valence-corrected chi connectivity index (χ0v) is 8.94. The van der Waals surface area contributed by atoms with Gasteiger partial charge in [0.25, 0.3) is 0 Å². The Morgan fingerprint density at radius 2 is 2.20 bits per heavy atom. The summed E-state index contributed by atoms with van der Waals surface area (Å²) in [6.45, 7) is 2.52. The molecule has 15 heavy (non-hydrogen) atoms. The highest BCUT2D eigenvalue weighted by Gasteiger charge is 2.08. The summed E-state index contributed by atoms with van der Waals surface area (Å²) >= 11 is 0. The number of nitriles is 1. The predicted molar refractivity (Wildman–Crippen MR) is 59.5 cm³/mol. The first-order chi connectivity index (χ1) is 7.31. The fourth-order valence-corrected chi connectivity index (χ4v) is 1.34. The van der Waals surface area contributed by atoms with Gasteiger partial charge in [-0.25, -0.2) is 0 Å². The highest BCUT2D eigenvalue weighted by atomic mass is 16.5. The third kappa shape index (κ3) is 3.26. The Balaban J connectivity index is 2.79. The minimum Gasteiger partial charge on any atom is -0.475 e. The highest BCUT2D eigenvalue weighted by molar-refractivity contribution is 5.34. The molecular weight excluding hydrogens is 188 g/mol. The molecule has 3 nitrogen and oxygen atoms in total. The van der Waals surface area contributed by atoms with E-state index in [0.717, 1.165) is 17.7 Å². The monoisotopic (exact) mass is 204 g/mol. The van der Waals surface area contributed by atoms with Crippen molar-refractivity contribution in [3.8, 4) is 11.8 Å². The number of ether oxygens (including phenoxy) is 1. The molecule has 0 heterocycles. The van der Waals surface area contributed by atoms with Crippen LogP contribution >= 0.6 is 0 Å². The number of nitrogens with zero attached hydrogens (tertiary/aromatic N) is 1. The fraction of sp³-hybridized carbons (Fsp3) is 0.417. The Bertz CT molecular complexity index is 344. The molecule has 0 bridgehead atoms. The molecular formula is C12H16N2O. The van der Waals surface area contributed by atoms with Crippen LogP contribution in [0, 0.1) is 11.3 Å². The van der Waals surface area contributed by atoms with Crippen LogP contribution < -0.4 is 10.5 Å². The molecule has 0 saturated heterocycles. The summed E-state index contributed by atoms with van der Waals surface area (Å²) in [4.78, 5) is 0. The Kier molecular flexibility index (Phi) is 4.65. The smallest absolute Gasteiger partial charge is 0.184 e. The van der Waals surface area contributed by atoms with Crippen molar-refractivity contribution in [3.05, 3.63) is 29.8 Å². The van der Waals surface area contributed by atoms with Crippen LogP contribution in [-0.2, 0) is 6.42 Å². The van der Waals surface area contributed by atoms with Crippen LogP contribution in [0.15, 0.2) is 24.3 Å². The van der Waals surface area contributed by atoms with Crippen LogP contribution in [0.5, 0.6) is 5.75 Å². The van der Waals surface area contributed by atoms with E-state index in [0.29, 0.717) is 13.0 Å². The van der Waals surface area contributed by atoms with Crippen molar-refractivity contribution in [1.82, 2.24) is 0 Å². The maximum Gasteiger partial charge on any atom is 0.184 e. The SMILES string of the molecule is CCC(C#N)Oc1ccccc1CCN. The molecule has 1 aromatic carbocycles. The lowest BCUT2D eigenvalue weighted by atomic mass is 10.1. The van der Waals surface area contributed by atoms with Gasteiger partial charge < -0.3 is 10.5 Å². The molecule has 0 spiro atoms. The predicted octanol–water partition coefficient (Wildman–Crippen LogP) is 1.87. The summed E-state index contributed by atoms with van der Waals surface area (Å²) in [5.41, 5.74) is 6.57. The van der Waals surface area contributed by atoms with Crippen LogP contribution in [-0.4, -0.2) is 12.6 Å². The van der Waals surface area contributed by atoms with Crippen molar-refractivity contribution >= 4 is 0 Å². The van der Waals surface area contributed by atoms with Crippen LogP contribution in [0.4, 0.5) is 0 Å². The molecule has 2 N–H and O–H groups in total. The number of rotatable bonds is 5. The lowest BCUT2D eigenvalue weighted by Crippen LogP contribution is -2.14. The molecule has 1 rings (SSSR count). The van der Waals surface area contributed by atoms with Crippen LogP contribution in [0.3, 0.4) is 0 Å². The molecule has 0 fully saturated rings. The summed E-state index contributed by atoms with van der Waals surface area (Å²) in [5, 5.41) is 8.81. The minimum absolute atomic E-state index is 0.371. The average molecular weight is 204 g/mol. The molecule has 1 aromatic rings. The first kappa shape index (κ1) is 11.5. The number of hydrogen-bond acceptors (Lipinski definition) is 3. The first-order valence-corrected chi connectivity index (χ1v) is 5.16. The van der Waals surface area contributed by atoms with Crippen molar-refractivity contribution in [1.29, 1.82) is 5.26 Å². The van der Waals surface area contributed by atoms with Crippen molar-refractivity contribution < 1.29 is 4.74 Å². The molecule has 1 unspecified atom stereocenters. The van der Waals surface area contributed by atoms with Crippen molar-refractivity contribution in [3.63, 3.8) is 0 Å². The molecule has 0 radical (unpaired) electrons. The molecule has 0 saturated carbocycles. The average Bonchev–Trinajstić information content (AvgIpc) is 2.28. The molecule has 80 valence electrons. The van der Waals surface area contributed by atoms with E-state index in [1.807, 2.05) is 31.2 Å². The van der Waals surface area contributed by atoms with E-state index in [4.69, 9.17) is 15.7 Å². The quantitative estimate of drug-likeness (QED) is 0.796. The Hall–Kier alpha value is -1.53. The second kappa shape index (κ2) is 6.05. The summed E-state index contributed by atoms with van der Waals surface area (Å²) in [5.74, 6) is 0.774. The van der Waals surface area contributed by atoms with E-state index in [-0.39, 0.29) is 6.10 Å². The van der Waals surface area contributed by atoms with Gasteiger partial charge in [0.15, 0.2) is 6.10 Å². The largest absolute Gasteiger partial charge is 0.475 e. The van der Waals surface area contributed by atoms with E-state index < -0.39 is 0 Å². The van der Waals surface area contributed by atoms with Crippen LogP contribution in [0.2, 0.25) is 0 Å². The van der Waals surface area contributed by atoms with Gasteiger partial charge in [0.1, 0.15) is 11.8 Å². The van der Waals surface area contributed by atoms with Gasteiger partial charge in [0, 0.05) is 0 Å². The summed E-state index contributed by atoms with van der Waals surface area (Å²) in [7, 11) is 0.